The van der Waals surface area contributed by atoms with Crippen molar-refractivity contribution in [1.82, 2.24) is 4.90 Å². The molecule has 4 heteroatoms. The van der Waals surface area contributed by atoms with E-state index in [0.717, 1.165) is 5.33 Å². The number of nitrogens with zero attached hydrogens (tertiary/aromatic N) is 1. The van der Waals surface area contributed by atoms with E-state index in [1.165, 1.54) is 0 Å². The van der Waals surface area contributed by atoms with Gasteiger partial charge in [-0.25, -0.2) is 0 Å². The Bertz CT molecular complexity index is 379. The van der Waals surface area contributed by atoms with E-state index in [-0.39, 0.29) is 11.7 Å². The minimum Gasteiger partial charge on any atom is -0.508 e. The highest BCUT2D eigenvalue weighted by Gasteiger charge is 2.16. The molecule has 0 fully saturated rings. The maximum Gasteiger partial charge on any atom is 0.254 e. The molecule has 16 heavy (non-hydrogen) atoms. The van der Waals surface area contributed by atoms with Gasteiger partial charge in [0.1, 0.15) is 5.75 Å². The summed E-state index contributed by atoms with van der Waals surface area (Å²) in [5.41, 5.74) is 1.21. The first-order valence-electron chi connectivity index (χ1n) is 5.25. The highest BCUT2D eigenvalue weighted by molar-refractivity contribution is 9.09. The zero-order valence-electron chi connectivity index (χ0n) is 9.53. The first-order chi connectivity index (χ1) is 7.61. The standard InChI is InChI=1S/C12H16BrNO2/c1-3-14(8-7-13)12(16)10-5-4-6-11(15)9(10)2/h4-6,15H,3,7-8H2,1-2H3. The maximum absolute atomic E-state index is 12.1. The monoisotopic (exact) mass is 285 g/mol. The molecule has 0 aromatic heterocycles. The number of aromatic hydroxyl groups is 1. The number of hydrogen-bond donors (Lipinski definition) is 1. The number of rotatable bonds is 4. The van der Waals surface area contributed by atoms with Crippen LogP contribution in [0, 0.1) is 6.92 Å². The molecule has 1 amide bonds. The van der Waals surface area contributed by atoms with E-state index in [1.54, 1.807) is 30.0 Å². The SMILES string of the molecule is CCN(CCBr)C(=O)c1cccc(O)c1C. The number of hydrogen-bond acceptors (Lipinski definition) is 2. The highest BCUT2D eigenvalue weighted by atomic mass is 79.9. The molecule has 0 aliphatic carbocycles. The van der Waals surface area contributed by atoms with E-state index in [0.29, 0.717) is 24.2 Å². The van der Waals surface area contributed by atoms with Crippen molar-refractivity contribution < 1.29 is 9.90 Å². The Hall–Kier alpha value is -1.03. The molecule has 0 atom stereocenters. The van der Waals surface area contributed by atoms with Crippen LogP contribution < -0.4 is 0 Å². The highest BCUT2D eigenvalue weighted by Crippen LogP contribution is 2.20. The van der Waals surface area contributed by atoms with E-state index in [1.807, 2.05) is 6.92 Å². The summed E-state index contributed by atoms with van der Waals surface area (Å²) in [5.74, 6) is 0.135. The topological polar surface area (TPSA) is 40.5 Å². The number of alkyl halides is 1. The lowest BCUT2D eigenvalue weighted by Crippen LogP contribution is -2.32. The Labute approximate surface area is 104 Å². The number of halogens is 1. The van der Waals surface area contributed by atoms with Gasteiger partial charge < -0.3 is 10.0 Å². The van der Waals surface area contributed by atoms with E-state index in [4.69, 9.17) is 0 Å². The largest absolute Gasteiger partial charge is 0.508 e. The van der Waals surface area contributed by atoms with Crippen LogP contribution in [0.4, 0.5) is 0 Å². The lowest BCUT2D eigenvalue weighted by atomic mass is 10.1. The van der Waals surface area contributed by atoms with Crippen molar-refractivity contribution in [2.75, 3.05) is 18.4 Å². The van der Waals surface area contributed by atoms with Gasteiger partial charge in [0, 0.05) is 29.5 Å². The Morgan fingerprint density at radius 3 is 2.75 bits per heavy atom. The van der Waals surface area contributed by atoms with Crippen molar-refractivity contribution in [1.29, 1.82) is 0 Å². The molecule has 0 aliphatic heterocycles. The van der Waals surface area contributed by atoms with Gasteiger partial charge in [-0.05, 0) is 26.0 Å². The smallest absolute Gasteiger partial charge is 0.254 e. The molecule has 88 valence electrons. The third-order valence-electron chi connectivity index (χ3n) is 2.56. The quantitative estimate of drug-likeness (QED) is 0.864. The second-order valence-electron chi connectivity index (χ2n) is 3.52. The predicted molar refractivity (Wildman–Crippen MR) is 68.2 cm³/mol. The Balaban J connectivity index is 2.99. The number of carbonyl (C=O) groups is 1. The molecule has 0 bridgehead atoms. The average molecular weight is 286 g/mol. The summed E-state index contributed by atoms with van der Waals surface area (Å²) in [6.07, 6.45) is 0. The lowest BCUT2D eigenvalue weighted by Gasteiger charge is -2.20. The number of carbonyl (C=O) groups excluding carboxylic acids is 1. The molecular formula is C12H16BrNO2. The van der Waals surface area contributed by atoms with Crippen LogP contribution in [-0.4, -0.2) is 34.3 Å². The van der Waals surface area contributed by atoms with Crippen LogP contribution >= 0.6 is 15.9 Å². The molecule has 1 aromatic carbocycles. The molecule has 0 spiro atoms. The summed E-state index contributed by atoms with van der Waals surface area (Å²) in [6.45, 7) is 5.03. The molecule has 1 rings (SSSR count). The minimum absolute atomic E-state index is 0.0321. The zero-order chi connectivity index (χ0) is 12.1. The van der Waals surface area contributed by atoms with E-state index in [2.05, 4.69) is 15.9 Å². The van der Waals surface area contributed by atoms with Gasteiger partial charge in [-0.15, -0.1) is 0 Å². The fourth-order valence-corrected chi connectivity index (χ4v) is 1.96. The third kappa shape index (κ3) is 2.76. The Kier molecular flexibility index (Phi) is 4.80. The fraction of sp³-hybridized carbons (Fsp3) is 0.417. The molecule has 0 saturated heterocycles. The Morgan fingerprint density at radius 1 is 1.50 bits per heavy atom. The summed E-state index contributed by atoms with van der Waals surface area (Å²) in [7, 11) is 0. The predicted octanol–water partition coefficient (Wildman–Crippen LogP) is 2.56. The van der Waals surface area contributed by atoms with Crippen LogP contribution in [0.1, 0.15) is 22.8 Å². The molecular weight excluding hydrogens is 270 g/mol. The van der Waals surface area contributed by atoms with Gasteiger partial charge in [0.05, 0.1) is 0 Å². The van der Waals surface area contributed by atoms with Gasteiger partial charge in [0.15, 0.2) is 0 Å². The first kappa shape index (κ1) is 13.0. The first-order valence-corrected chi connectivity index (χ1v) is 6.37. The van der Waals surface area contributed by atoms with Gasteiger partial charge in [-0.2, -0.15) is 0 Å². The number of phenolic OH excluding ortho intramolecular Hbond substituents is 1. The van der Waals surface area contributed by atoms with Crippen molar-refractivity contribution >= 4 is 21.8 Å². The van der Waals surface area contributed by atoms with Crippen LogP contribution in [0.25, 0.3) is 0 Å². The number of amides is 1. The lowest BCUT2D eigenvalue weighted by molar-refractivity contribution is 0.0773. The van der Waals surface area contributed by atoms with E-state index >= 15 is 0 Å². The molecule has 0 aliphatic rings. The summed E-state index contributed by atoms with van der Waals surface area (Å²) in [5, 5.41) is 10.3. The summed E-state index contributed by atoms with van der Waals surface area (Å²) < 4.78 is 0. The van der Waals surface area contributed by atoms with Crippen molar-refractivity contribution in [2.45, 2.75) is 13.8 Å². The molecule has 1 aromatic rings. The summed E-state index contributed by atoms with van der Waals surface area (Å²) in [6, 6.07) is 5.03. The van der Waals surface area contributed by atoms with Gasteiger partial charge in [0.2, 0.25) is 0 Å². The maximum atomic E-state index is 12.1. The second kappa shape index (κ2) is 5.89. The van der Waals surface area contributed by atoms with Crippen molar-refractivity contribution in [3.63, 3.8) is 0 Å². The van der Waals surface area contributed by atoms with Gasteiger partial charge in [0.25, 0.3) is 5.91 Å². The number of phenols is 1. The molecule has 0 heterocycles. The van der Waals surface area contributed by atoms with E-state index < -0.39 is 0 Å². The molecule has 0 unspecified atom stereocenters. The second-order valence-corrected chi connectivity index (χ2v) is 4.32. The van der Waals surface area contributed by atoms with Crippen LogP contribution in [0.15, 0.2) is 18.2 Å². The van der Waals surface area contributed by atoms with Crippen LogP contribution in [-0.2, 0) is 0 Å². The van der Waals surface area contributed by atoms with Gasteiger partial charge in [-0.3, -0.25) is 4.79 Å². The normalized spacial score (nSPS) is 10.2. The summed E-state index contributed by atoms with van der Waals surface area (Å²) >= 11 is 3.32. The molecule has 1 N–H and O–H groups in total. The van der Waals surface area contributed by atoms with Crippen LogP contribution in [0.3, 0.4) is 0 Å². The van der Waals surface area contributed by atoms with Crippen LogP contribution in [0.2, 0.25) is 0 Å². The molecule has 3 nitrogen and oxygen atoms in total. The van der Waals surface area contributed by atoms with Crippen molar-refractivity contribution in [2.24, 2.45) is 0 Å². The van der Waals surface area contributed by atoms with E-state index in [9.17, 15) is 9.90 Å². The van der Waals surface area contributed by atoms with Crippen molar-refractivity contribution in [3.8, 4) is 5.75 Å². The Morgan fingerprint density at radius 2 is 2.19 bits per heavy atom. The third-order valence-corrected chi connectivity index (χ3v) is 2.91. The number of benzene rings is 1. The molecule has 0 radical (unpaired) electrons. The minimum atomic E-state index is -0.0321. The van der Waals surface area contributed by atoms with Crippen LogP contribution in [0.5, 0.6) is 5.75 Å². The fourth-order valence-electron chi connectivity index (χ4n) is 1.53. The van der Waals surface area contributed by atoms with Crippen molar-refractivity contribution in [3.05, 3.63) is 29.3 Å². The van der Waals surface area contributed by atoms with Gasteiger partial charge in [-0.1, -0.05) is 22.0 Å². The van der Waals surface area contributed by atoms with Gasteiger partial charge >= 0.3 is 0 Å². The zero-order valence-corrected chi connectivity index (χ0v) is 11.1. The summed E-state index contributed by atoms with van der Waals surface area (Å²) in [4.78, 5) is 13.9. The molecule has 0 saturated carbocycles. The average Bonchev–Trinajstić information content (AvgIpc) is 2.29.